The first-order valence-corrected chi connectivity index (χ1v) is 9.73. The molecule has 3 rings (SSSR count). The Hall–Kier alpha value is -2.18. The first-order valence-electron chi connectivity index (χ1n) is 7.94. The minimum atomic E-state index is -4.10. The number of benzene rings is 3. The van der Waals surface area contributed by atoms with Crippen LogP contribution in [0.1, 0.15) is 23.3 Å². The lowest BCUT2D eigenvalue weighted by atomic mass is 9.98. The maximum atomic E-state index is 12.7. The molecule has 0 amide bonds. The van der Waals surface area contributed by atoms with Crippen molar-refractivity contribution in [2.75, 3.05) is 0 Å². The molecule has 4 nitrogen and oxygen atoms in total. The first kappa shape index (κ1) is 18.6. The van der Waals surface area contributed by atoms with Gasteiger partial charge >= 0.3 is 0 Å². The minimum absolute atomic E-state index is 0.0249. The molecule has 1 N–H and O–H groups in total. The zero-order chi connectivity index (χ0) is 18.6. The van der Waals surface area contributed by atoms with Crippen molar-refractivity contribution in [2.24, 2.45) is 0 Å². The fourth-order valence-electron chi connectivity index (χ4n) is 2.55. The van der Waals surface area contributed by atoms with Crippen molar-refractivity contribution in [3.8, 4) is 0 Å². The van der Waals surface area contributed by atoms with Crippen molar-refractivity contribution in [1.82, 2.24) is 0 Å². The number of hydrogen-bond acceptors (Lipinski definition) is 4. The third-order valence-electron chi connectivity index (χ3n) is 3.89. The maximum absolute atomic E-state index is 12.7. The Balaban J connectivity index is 1.97. The summed E-state index contributed by atoms with van der Waals surface area (Å²) in [4.78, 5) is -0.0249. The number of hydrogen-bond donors (Lipinski definition) is 1. The summed E-state index contributed by atoms with van der Waals surface area (Å²) in [7, 11) is -4.10. The standard InChI is InChI=1S/C20H17ClO4S/c21-17-11-13-18(14-12-17)26(23,24)25-20(16-9-5-2-6-10-16)19(22)15-7-3-1-4-8-15/h1-14,19-20,22H. The van der Waals surface area contributed by atoms with Gasteiger partial charge in [-0.15, -0.1) is 0 Å². The van der Waals surface area contributed by atoms with Crippen LogP contribution in [0.5, 0.6) is 0 Å². The van der Waals surface area contributed by atoms with Crippen LogP contribution in [0.4, 0.5) is 0 Å². The average Bonchev–Trinajstić information content (AvgIpc) is 2.67. The SMILES string of the molecule is O=S(=O)(OC(c1ccccc1)C(O)c1ccccc1)c1ccc(Cl)cc1. The van der Waals surface area contributed by atoms with Crippen LogP contribution < -0.4 is 0 Å². The lowest BCUT2D eigenvalue weighted by Crippen LogP contribution is -2.19. The highest BCUT2D eigenvalue weighted by Gasteiger charge is 2.30. The molecule has 134 valence electrons. The number of aliphatic hydroxyl groups excluding tert-OH is 1. The summed E-state index contributed by atoms with van der Waals surface area (Å²) >= 11 is 5.82. The van der Waals surface area contributed by atoms with Gasteiger partial charge in [0.15, 0.2) is 0 Å². The van der Waals surface area contributed by atoms with E-state index in [-0.39, 0.29) is 4.90 Å². The van der Waals surface area contributed by atoms with E-state index in [1.807, 2.05) is 12.1 Å². The second-order valence-corrected chi connectivity index (χ2v) is 7.70. The van der Waals surface area contributed by atoms with Crippen LogP contribution in [0.25, 0.3) is 0 Å². The van der Waals surface area contributed by atoms with Crippen LogP contribution in [0, 0.1) is 0 Å². The Morgan fingerprint density at radius 3 is 1.81 bits per heavy atom. The van der Waals surface area contributed by atoms with E-state index in [9.17, 15) is 13.5 Å². The molecule has 26 heavy (non-hydrogen) atoms. The Kier molecular flexibility index (Phi) is 5.74. The average molecular weight is 389 g/mol. The number of halogens is 1. The molecule has 0 aromatic heterocycles. The van der Waals surface area contributed by atoms with Crippen LogP contribution in [0.15, 0.2) is 89.8 Å². The van der Waals surface area contributed by atoms with E-state index in [1.54, 1.807) is 48.5 Å². The van der Waals surface area contributed by atoms with Crippen molar-refractivity contribution in [2.45, 2.75) is 17.1 Å². The van der Waals surface area contributed by atoms with E-state index in [2.05, 4.69) is 0 Å². The molecule has 3 aromatic carbocycles. The summed E-state index contributed by atoms with van der Waals surface area (Å²) in [5, 5.41) is 11.2. The Morgan fingerprint density at radius 1 is 0.769 bits per heavy atom. The van der Waals surface area contributed by atoms with Gasteiger partial charge in [-0.2, -0.15) is 8.42 Å². The Bertz CT molecular complexity index is 942. The van der Waals surface area contributed by atoms with Crippen molar-refractivity contribution in [3.63, 3.8) is 0 Å². The second kappa shape index (κ2) is 8.01. The van der Waals surface area contributed by atoms with Crippen molar-refractivity contribution in [1.29, 1.82) is 0 Å². The molecule has 0 radical (unpaired) electrons. The van der Waals surface area contributed by atoms with Crippen molar-refractivity contribution >= 4 is 21.7 Å². The van der Waals surface area contributed by atoms with E-state index in [4.69, 9.17) is 15.8 Å². The van der Waals surface area contributed by atoms with Crippen LogP contribution >= 0.6 is 11.6 Å². The molecule has 0 spiro atoms. The topological polar surface area (TPSA) is 63.6 Å². The molecule has 0 bridgehead atoms. The number of aliphatic hydroxyl groups is 1. The molecule has 0 fully saturated rings. The fraction of sp³-hybridized carbons (Fsp3) is 0.100. The molecular formula is C20H17ClO4S. The van der Waals surface area contributed by atoms with Crippen LogP contribution in [-0.2, 0) is 14.3 Å². The van der Waals surface area contributed by atoms with Gasteiger partial charge in [0.25, 0.3) is 10.1 Å². The van der Waals surface area contributed by atoms with Gasteiger partial charge in [0.2, 0.25) is 0 Å². The molecule has 0 aliphatic rings. The number of rotatable bonds is 6. The van der Waals surface area contributed by atoms with E-state index >= 15 is 0 Å². The first-order chi connectivity index (χ1) is 12.5. The van der Waals surface area contributed by atoms with Gasteiger partial charge in [-0.05, 0) is 35.4 Å². The predicted octanol–water partition coefficient (Wildman–Crippen LogP) is 4.52. The summed E-state index contributed by atoms with van der Waals surface area (Å²) in [5.41, 5.74) is 1.12. The lowest BCUT2D eigenvalue weighted by Gasteiger charge is -2.23. The Morgan fingerprint density at radius 2 is 1.27 bits per heavy atom. The van der Waals surface area contributed by atoms with Gasteiger partial charge in [0, 0.05) is 5.02 Å². The lowest BCUT2D eigenvalue weighted by molar-refractivity contribution is 0.0385. The van der Waals surface area contributed by atoms with Gasteiger partial charge in [0.1, 0.15) is 12.2 Å². The molecule has 2 unspecified atom stereocenters. The van der Waals surface area contributed by atoms with Crippen LogP contribution in [-0.4, -0.2) is 13.5 Å². The summed E-state index contributed by atoms with van der Waals surface area (Å²) in [6.07, 6.45) is -2.24. The van der Waals surface area contributed by atoms with Crippen molar-refractivity contribution < 1.29 is 17.7 Å². The fourth-order valence-corrected chi connectivity index (χ4v) is 3.75. The monoisotopic (exact) mass is 388 g/mol. The molecule has 3 aromatic rings. The third-order valence-corrected chi connectivity index (χ3v) is 5.45. The minimum Gasteiger partial charge on any atom is -0.385 e. The van der Waals surface area contributed by atoms with E-state index < -0.39 is 22.3 Å². The second-order valence-electron chi connectivity index (χ2n) is 5.69. The zero-order valence-corrected chi connectivity index (χ0v) is 15.3. The van der Waals surface area contributed by atoms with Crippen LogP contribution in [0.2, 0.25) is 5.02 Å². The molecule has 2 atom stereocenters. The molecule has 6 heteroatoms. The summed E-state index contributed by atoms with van der Waals surface area (Å²) in [6.45, 7) is 0. The summed E-state index contributed by atoms with van der Waals surface area (Å²) < 4.78 is 30.8. The quantitative estimate of drug-likeness (QED) is 0.630. The molecule has 0 saturated carbocycles. The van der Waals surface area contributed by atoms with Gasteiger partial charge in [-0.1, -0.05) is 72.3 Å². The highest BCUT2D eigenvalue weighted by Crippen LogP contribution is 2.35. The van der Waals surface area contributed by atoms with Gasteiger partial charge in [-0.3, -0.25) is 4.18 Å². The molecular weight excluding hydrogens is 372 g/mol. The van der Waals surface area contributed by atoms with E-state index in [0.717, 1.165) is 0 Å². The summed E-state index contributed by atoms with van der Waals surface area (Å²) in [6, 6.07) is 23.3. The summed E-state index contributed by atoms with van der Waals surface area (Å²) in [5.74, 6) is 0. The predicted molar refractivity (Wildman–Crippen MR) is 100 cm³/mol. The largest absolute Gasteiger partial charge is 0.385 e. The van der Waals surface area contributed by atoms with E-state index in [0.29, 0.717) is 16.1 Å². The van der Waals surface area contributed by atoms with E-state index in [1.165, 1.54) is 24.3 Å². The zero-order valence-electron chi connectivity index (χ0n) is 13.7. The van der Waals surface area contributed by atoms with Gasteiger partial charge in [-0.25, -0.2) is 0 Å². The van der Waals surface area contributed by atoms with Crippen LogP contribution in [0.3, 0.4) is 0 Å². The molecule has 0 heterocycles. The normalized spacial score (nSPS) is 13.9. The third kappa shape index (κ3) is 4.31. The molecule has 0 aliphatic carbocycles. The van der Waals surface area contributed by atoms with Crippen molar-refractivity contribution in [3.05, 3.63) is 101 Å². The highest BCUT2D eigenvalue weighted by atomic mass is 35.5. The molecule has 0 saturated heterocycles. The van der Waals surface area contributed by atoms with Gasteiger partial charge in [0.05, 0.1) is 4.90 Å². The highest BCUT2D eigenvalue weighted by molar-refractivity contribution is 7.86. The Labute approximate surface area is 157 Å². The smallest absolute Gasteiger partial charge is 0.297 e. The van der Waals surface area contributed by atoms with Gasteiger partial charge < -0.3 is 5.11 Å². The molecule has 0 aliphatic heterocycles. The maximum Gasteiger partial charge on any atom is 0.297 e.